The van der Waals surface area contributed by atoms with Crippen molar-refractivity contribution in [1.82, 2.24) is 5.32 Å². The van der Waals surface area contributed by atoms with E-state index < -0.39 is 29.7 Å². The molecular formula is C17H17F3N2O. The van der Waals surface area contributed by atoms with Gasteiger partial charge in [0.15, 0.2) is 0 Å². The van der Waals surface area contributed by atoms with Gasteiger partial charge in [0.05, 0.1) is 5.56 Å². The number of amides is 1. The number of alkyl halides is 3. The summed E-state index contributed by atoms with van der Waals surface area (Å²) in [4.78, 5) is 11.7. The van der Waals surface area contributed by atoms with E-state index in [2.05, 4.69) is 5.32 Å². The summed E-state index contributed by atoms with van der Waals surface area (Å²) in [6.07, 6.45) is -4.46. The van der Waals surface area contributed by atoms with Crippen molar-refractivity contribution in [1.29, 1.82) is 0 Å². The van der Waals surface area contributed by atoms with Crippen molar-refractivity contribution in [3.63, 3.8) is 0 Å². The zero-order valence-corrected chi connectivity index (χ0v) is 12.5. The van der Waals surface area contributed by atoms with E-state index in [0.29, 0.717) is 5.56 Å². The lowest BCUT2D eigenvalue weighted by Crippen LogP contribution is -2.35. The maximum absolute atomic E-state index is 13.1. The Kier molecular flexibility index (Phi) is 5.05. The lowest BCUT2D eigenvalue weighted by molar-refractivity contribution is -0.138. The van der Waals surface area contributed by atoms with Crippen molar-refractivity contribution in [2.24, 2.45) is 5.73 Å². The van der Waals surface area contributed by atoms with Crippen LogP contribution in [0.1, 0.15) is 35.7 Å². The van der Waals surface area contributed by atoms with Gasteiger partial charge in [0.2, 0.25) is 5.91 Å². The number of nitrogens with two attached hydrogens (primary N) is 1. The number of carbonyl (C=O) groups is 1. The minimum Gasteiger partial charge on any atom is -0.368 e. The van der Waals surface area contributed by atoms with E-state index in [9.17, 15) is 18.0 Å². The molecule has 0 saturated heterocycles. The zero-order chi connectivity index (χ0) is 17.0. The van der Waals surface area contributed by atoms with Crippen LogP contribution in [0.25, 0.3) is 0 Å². The first-order valence-electron chi connectivity index (χ1n) is 7.07. The van der Waals surface area contributed by atoms with Gasteiger partial charge in [0.1, 0.15) is 6.04 Å². The average Bonchev–Trinajstić information content (AvgIpc) is 2.52. The first kappa shape index (κ1) is 17.0. The van der Waals surface area contributed by atoms with Crippen molar-refractivity contribution < 1.29 is 18.0 Å². The highest BCUT2D eigenvalue weighted by molar-refractivity contribution is 5.81. The largest absolute Gasteiger partial charge is 0.416 e. The predicted molar refractivity (Wildman–Crippen MR) is 81.4 cm³/mol. The van der Waals surface area contributed by atoms with Gasteiger partial charge >= 0.3 is 6.18 Å². The fourth-order valence-corrected chi connectivity index (χ4v) is 2.46. The first-order chi connectivity index (χ1) is 10.8. The van der Waals surface area contributed by atoms with Crippen molar-refractivity contribution in [2.75, 3.05) is 0 Å². The molecule has 0 aliphatic rings. The number of carbonyl (C=O) groups excluding carboxylic acids is 1. The molecule has 3 nitrogen and oxygen atoms in total. The minimum atomic E-state index is -4.46. The number of hydrogen-bond acceptors (Lipinski definition) is 2. The Morgan fingerprint density at radius 2 is 1.61 bits per heavy atom. The molecule has 0 unspecified atom stereocenters. The Bertz CT molecular complexity index is 671. The highest BCUT2D eigenvalue weighted by atomic mass is 19.4. The van der Waals surface area contributed by atoms with Crippen LogP contribution < -0.4 is 11.1 Å². The van der Waals surface area contributed by atoms with Crippen molar-refractivity contribution >= 4 is 5.91 Å². The molecule has 3 N–H and O–H groups in total. The molecule has 0 aliphatic carbocycles. The van der Waals surface area contributed by atoms with Crippen LogP contribution in [-0.4, -0.2) is 5.91 Å². The quantitative estimate of drug-likeness (QED) is 0.884. The van der Waals surface area contributed by atoms with E-state index >= 15 is 0 Å². The minimum absolute atomic E-state index is 0.0715. The molecule has 0 saturated carbocycles. The smallest absolute Gasteiger partial charge is 0.368 e. The number of primary amides is 1. The molecule has 2 aromatic carbocycles. The van der Waals surface area contributed by atoms with Gasteiger partial charge in [-0.3, -0.25) is 10.1 Å². The van der Waals surface area contributed by atoms with Crippen LogP contribution in [0.3, 0.4) is 0 Å². The third kappa shape index (κ3) is 4.10. The maximum atomic E-state index is 13.1. The van der Waals surface area contributed by atoms with Crippen LogP contribution in [0.5, 0.6) is 0 Å². The second-order valence-corrected chi connectivity index (χ2v) is 5.22. The van der Waals surface area contributed by atoms with E-state index in [-0.39, 0.29) is 5.56 Å². The van der Waals surface area contributed by atoms with Crippen LogP contribution in [0.2, 0.25) is 0 Å². The summed E-state index contributed by atoms with van der Waals surface area (Å²) in [6.45, 7) is 1.57. The zero-order valence-electron chi connectivity index (χ0n) is 12.5. The fraction of sp³-hybridized carbons (Fsp3) is 0.235. The molecule has 0 aromatic heterocycles. The summed E-state index contributed by atoms with van der Waals surface area (Å²) >= 11 is 0. The van der Waals surface area contributed by atoms with Crippen molar-refractivity contribution in [3.8, 4) is 0 Å². The van der Waals surface area contributed by atoms with Crippen molar-refractivity contribution in [2.45, 2.75) is 25.2 Å². The normalized spacial score (nSPS) is 14.3. The van der Waals surface area contributed by atoms with Gasteiger partial charge in [-0.25, -0.2) is 0 Å². The molecule has 6 heteroatoms. The van der Waals surface area contributed by atoms with E-state index in [1.165, 1.54) is 18.2 Å². The lowest BCUT2D eigenvalue weighted by atomic mass is 9.98. The lowest BCUT2D eigenvalue weighted by Gasteiger charge is -2.24. The Morgan fingerprint density at radius 3 is 2.17 bits per heavy atom. The van der Waals surface area contributed by atoms with Gasteiger partial charge < -0.3 is 5.73 Å². The molecule has 2 aromatic rings. The van der Waals surface area contributed by atoms with Gasteiger partial charge in [-0.15, -0.1) is 0 Å². The van der Waals surface area contributed by atoms with Crippen LogP contribution in [-0.2, 0) is 11.0 Å². The second kappa shape index (κ2) is 6.83. The molecule has 1 amide bonds. The Balaban J connectivity index is 2.31. The van der Waals surface area contributed by atoms with Crippen LogP contribution in [0, 0.1) is 0 Å². The Hall–Kier alpha value is -2.34. The molecule has 0 fully saturated rings. The summed E-state index contributed by atoms with van der Waals surface area (Å²) in [7, 11) is 0. The SMILES string of the molecule is C[C@@H](N[C@@H](C(N)=O)c1ccccc1)c1ccccc1C(F)(F)F. The summed E-state index contributed by atoms with van der Waals surface area (Å²) in [6, 6.07) is 12.4. The van der Waals surface area contributed by atoms with E-state index in [1.54, 1.807) is 37.3 Å². The molecule has 23 heavy (non-hydrogen) atoms. The van der Waals surface area contributed by atoms with Gasteiger partial charge in [-0.2, -0.15) is 13.2 Å². The van der Waals surface area contributed by atoms with Crippen LogP contribution in [0.4, 0.5) is 13.2 Å². The second-order valence-electron chi connectivity index (χ2n) is 5.22. The highest BCUT2D eigenvalue weighted by Gasteiger charge is 2.34. The number of halogens is 3. The highest BCUT2D eigenvalue weighted by Crippen LogP contribution is 2.35. The molecule has 0 heterocycles. The van der Waals surface area contributed by atoms with E-state index in [4.69, 9.17) is 5.73 Å². The number of nitrogens with one attached hydrogen (secondary N) is 1. The number of rotatable bonds is 5. The van der Waals surface area contributed by atoms with Crippen molar-refractivity contribution in [3.05, 3.63) is 71.3 Å². The average molecular weight is 322 g/mol. The summed E-state index contributed by atoms with van der Waals surface area (Å²) < 4.78 is 39.3. The Morgan fingerprint density at radius 1 is 1.04 bits per heavy atom. The third-order valence-corrected chi connectivity index (χ3v) is 3.57. The summed E-state index contributed by atoms with van der Waals surface area (Å²) in [5, 5.41) is 2.89. The maximum Gasteiger partial charge on any atom is 0.416 e. The molecule has 0 radical (unpaired) electrons. The molecule has 122 valence electrons. The third-order valence-electron chi connectivity index (χ3n) is 3.57. The predicted octanol–water partition coefficient (Wildman–Crippen LogP) is 3.58. The van der Waals surface area contributed by atoms with Crippen LogP contribution >= 0.6 is 0 Å². The Labute approximate surface area is 132 Å². The topological polar surface area (TPSA) is 55.1 Å². The molecular weight excluding hydrogens is 305 g/mol. The molecule has 0 spiro atoms. The summed E-state index contributed by atoms with van der Waals surface area (Å²) in [5.41, 5.74) is 5.35. The first-order valence-corrected chi connectivity index (χ1v) is 7.07. The monoisotopic (exact) mass is 322 g/mol. The van der Waals surface area contributed by atoms with Crippen LogP contribution in [0.15, 0.2) is 54.6 Å². The standard InChI is InChI=1S/C17H17F3N2O/c1-11(13-9-5-6-10-14(13)17(18,19)20)22-15(16(21)23)12-7-3-2-4-8-12/h2-11,15,22H,1H3,(H2,21,23)/t11-,15-/m1/s1. The molecule has 2 rings (SSSR count). The van der Waals surface area contributed by atoms with Gasteiger partial charge in [0.25, 0.3) is 0 Å². The molecule has 0 bridgehead atoms. The molecule has 0 aliphatic heterocycles. The van der Waals surface area contributed by atoms with Gasteiger partial charge in [-0.05, 0) is 24.1 Å². The summed E-state index contributed by atoms with van der Waals surface area (Å²) in [5.74, 6) is -0.646. The molecule has 2 atom stereocenters. The van der Waals surface area contributed by atoms with Gasteiger partial charge in [0, 0.05) is 6.04 Å². The van der Waals surface area contributed by atoms with E-state index in [1.807, 2.05) is 0 Å². The number of benzene rings is 2. The van der Waals surface area contributed by atoms with E-state index in [0.717, 1.165) is 6.07 Å². The van der Waals surface area contributed by atoms with Gasteiger partial charge in [-0.1, -0.05) is 48.5 Å². The number of hydrogen-bond donors (Lipinski definition) is 2. The fourth-order valence-electron chi connectivity index (χ4n) is 2.46.